The first-order valence-corrected chi connectivity index (χ1v) is 7.21. The minimum atomic E-state index is -0.521. The molecule has 0 saturated carbocycles. The van der Waals surface area contributed by atoms with Gasteiger partial charge >= 0.3 is 6.09 Å². The zero-order valence-corrected chi connectivity index (χ0v) is 12.7. The fourth-order valence-electron chi connectivity index (χ4n) is 2.43. The lowest BCUT2D eigenvalue weighted by atomic mass is 10.2. The quantitative estimate of drug-likeness (QED) is 0.931. The van der Waals surface area contributed by atoms with Crippen molar-refractivity contribution in [1.29, 1.82) is 0 Å². The first-order valence-electron chi connectivity index (χ1n) is 7.21. The maximum Gasteiger partial charge on any atom is 0.407 e. The molecule has 1 N–H and O–H groups in total. The molecule has 2 heterocycles. The summed E-state index contributed by atoms with van der Waals surface area (Å²) >= 11 is 0. The van der Waals surface area contributed by atoms with Crippen molar-refractivity contribution in [2.75, 3.05) is 18.0 Å². The van der Waals surface area contributed by atoms with E-state index in [4.69, 9.17) is 4.74 Å². The second-order valence-electron chi connectivity index (χ2n) is 6.18. The van der Waals surface area contributed by atoms with E-state index in [0.717, 1.165) is 19.4 Å². The van der Waals surface area contributed by atoms with Gasteiger partial charge in [-0.25, -0.2) is 14.2 Å². The molecule has 0 spiro atoms. The van der Waals surface area contributed by atoms with Gasteiger partial charge in [-0.3, -0.25) is 0 Å². The van der Waals surface area contributed by atoms with Crippen molar-refractivity contribution in [2.24, 2.45) is 0 Å². The third-order valence-corrected chi connectivity index (χ3v) is 3.27. The summed E-state index contributed by atoms with van der Waals surface area (Å²) in [6.45, 7) is 6.62. The standard InChI is InChI=1S/C15H22FN3O2/c1-15(2,3)21-14(20)18-10-11-6-5-9-19(11)13-12(16)7-4-8-17-13/h4,7-8,11H,5-6,9-10H2,1-3H3,(H,18,20)/t11-/m0/s1. The lowest BCUT2D eigenvalue weighted by Gasteiger charge is -2.27. The summed E-state index contributed by atoms with van der Waals surface area (Å²) in [5.41, 5.74) is -0.521. The van der Waals surface area contributed by atoms with Gasteiger partial charge in [-0.15, -0.1) is 0 Å². The number of aromatic nitrogens is 1. The number of rotatable bonds is 3. The molecule has 1 saturated heterocycles. The molecule has 0 aromatic carbocycles. The smallest absolute Gasteiger partial charge is 0.407 e. The maximum absolute atomic E-state index is 13.8. The molecule has 116 valence electrons. The van der Waals surface area contributed by atoms with Gasteiger partial charge in [0.05, 0.1) is 0 Å². The van der Waals surface area contributed by atoms with Crippen LogP contribution in [0.3, 0.4) is 0 Å². The Kier molecular flexibility index (Phi) is 4.65. The third kappa shape index (κ3) is 4.31. The van der Waals surface area contributed by atoms with E-state index in [0.29, 0.717) is 12.4 Å². The van der Waals surface area contributed by atoms with Crippen LogP contribution in [0, 0.1) is 5.82 Å². The predicted molar refractivity (Wildman–Crippen MR) is 78.8 cm³/mol. The fourth-order valence-corrected chi connectivity index (χ4v) is 2.43. The number of pyridine rings is 1. The predicted octanol–water partition coefficient (Wildman–Crippen LogP) is 2.71. The Labute approximate surface area is 124 Å². The van der Waals surface area contributed by atoms with Crippen LogP contribution < -0.4 is 10.2 Å². The van der Waals surface area contributed by atoms with Gasteiger partial charge < -0.3 is 15.0 Å². The van der Waals surface area contributed by atoms with Crippen molar-refractivity contribution >= 4 is 11.9 Å². The highest BCUT2D eigenvalue weighted by Gasteiger charge is 2.28. The van der Waals surface area contributed by atoms with Crippen LogP contribution in [0.25, 0.3) is 0 Å². The Hall–Kier alpha value is -1.85. The van der Waals surface area contributed by atoms with Crippen LogP contribution in [-0.2, 0) is 4.74 Å². The Morgan fingerprint density at radius 3 is 3.00 bits per heavy atom. The summed E-state index contributed by atoms with van der Waals surface area (Å²) in [6.07, 6.45) is 2.98. The summed E-state index contributed by atoms with van der Waals surface area (Å²) in [6, 6.07) is 3.02. The van der Waals surface area contributed by atoms with Crippen molar-refractivity contribution in [1.82, 2.24) is 10.3 Å². The summed E-state index contributed by atoms with van der Waals surface area (Å²) < 4.78 is 19.0. The number of ether oxygens (including phenoxy) is 1. The van der Waals surface area contributed by atoms with Crippen molar-refractivity contribution in [3.05, 3.63) is 24.1 Å². The van der Waals surface area contributed by atoms with E-state index < -0.39 is 11.7 Å². The highest BCUT2D eigenvalue weighted by atomic mass is 19.1. The van der Waals surface area contributed by atoms with E-state index in [1.807, 2.05) is 25.7 Å². The molecular weight excluding hydrogens is 273 g/mol. The average Bonchev–Trinajstić information content (AvgIpc) is 2.83. The molecular formula is C15H22FN3O2. The number of nitrogens with one attached hydrogen (secondary N) is 1. The topological polar surface area (TPSA) is 54.5 Å². The van der Waals surface area contributed by atoms with Crippen molar-refractivity contribution in [3.8, 4) is 0 Å². The number of anilines is 1. The molecule has 1 aromatic heterocycles. The van der Waals surface area contributed by atoms with E-state index in [9.17, 15) is 9.18 Å². The van der Waals surface area contributed by atoms with Gasteiger partial charge in [0, 0.05) is 25.3 Å². The van der Waals surface area contributed by atoms with E-state index in [-0.39, 0.29) is 11.9 Å². The average molecular weight is 295 g/mol. The minimum Gasteiger partial charge on any atom is -0.444 e. The fraction of sp³-hybridized carbons (Fsp3) is 0.600. The summed E-state index contributed by atoms with van der Waals surface area (Å²) in [7, 11) is 0. The zero-order chi connectivity index (χ0) is 15.5. The molecule has 2 rings (SSSR count). The van der Waals surface area contributed by atoms with E-state index in [2.05, 4.69) is 10.3 Å². The van der Waals surface area contributed by atoms with Crippen molar-refractivity contribution in [3.63, 3.8) is 0 Å². The van der Waals surface area contributed by atoms with Crippen LogP contribution in [0.4, 0.5) is 15.0 Å². The molecule has 0 aliphatic carbocycles. The minimum absolute atomic E-state index is 0.0434. The highest BCUT2D eigenvalue weighted by molar-refractivity contribution is 5.67. The second kappa shape index (κ2) is 6.28. The van der Waals surface area contributed by atoms with Crippen LogP contribution in [-0.4, -0.2) is 35.8 Å². The van der Waals surface area contributed by atoms with Crippen molar-refractivity contribution in [2.45, 2.75) is 45.3 Å². The summed E-state index contributed by atoms with van der Waals surface area (Å²) in [5, 5.41) is 2.75. The molecule has 1 fully saturated rings. The van der Waals surface area contributed by atoms with Crippen LogP contribution in [0.15, 0.2) is 18.3 Å². The largest absolute Gasteiger partial charge is 0.444 e. The number of nitrogens with zero attached hydrogens (tertiary/aromatic N) is 2. The van der Waals surface area contributed by atoms with E-state index >= 15 is 0 Å². The van der Waals surface area contributed by atoms with Gasteiger partial charge in [-0.1, -0.05) is 0 Å². The summed E-state index contributed by atoms with van der Waals surface area (Å²) in [4.78, 5) is 17.7. The molecule has 21 heavy (non-hydrogen) atoms. The zero-order valence-electron chi connectivity index (χ0n) is 12.7. The lowest BCUT2D eigenvalue weighted by Crippen LogP contribution is -2.42. The molecule has 0 bridgehead atoms. The van der Waals surface area contributed by atoms with E-state index in [1.54, 1.807) is 12.3 Å². The number of amides is 1. The molecule has 1 aliphatic heterocycles. The van der Waals surface area contributed by atoms with Gasteiger partial charge in [0.1, 0.15) is 5.60 Å². The van der Waals surface area contributed by atoms with Crippen LogP contribution in [0.5, 0.6) is 0 Å². The highest BCUT2D eigenvalue weighted by Crippen LogP contribution is 2.25. The molecule has 1 atom stereocenters. The Balaban J connectivity index is 1.94. The normalized spacial score (nSPS) is 18.7. The first-order chi connectivity index (χ1) is 9.87. The van der Waals surface area contributed by atoms with Crippen molar-refractivity contribution < 1.29 is 13.9 Å². The van der Waals surface area contributed by atoms with Gasteiger partial charge in [-0.2, -0.15) is 0 Å². The Morgan fingerprint density at radius 2 is 2.33 bits per heavy atom. The third-order valence-electron chi connectivity index (χ3n) is 3.27. The molecule has 1 aromatic rings. The molecule has 6 heteroatoms. The first kappa shape index (κ1) is 15.5. The number of hydrogen-bond donors (Lipinski definition) is 1. The molecule has 1 amide bonds. The SMILES string of the molecule is CC(C)(C)OC(=O)NC[C@@H]1CCCN1c1ncccc1F. The number of carbonyl (C=O) groups excluding carboxylic acids is 1. The maximum atomic E-state index is 13.8. The van der Waals surface area contributed by atoms with Gasteiger partial charge in [0.15, 0.2) is 11.6 Å². The second-order valence-corrected chi connectivity index (χ2v) is 6.18. The van der Waals surface area contributed by atoms with Gasteiger partial charge in [0.2, 0.25) is 0 Å². The molecule has 1 aliphatic rings. The van der Waals surface area contributed by atoms with Gasteiger partial charge in [0.25, 0.3) is 0 Å². The summed E-state index contributed by atoms with van der Waals surface area (Å²) in [5.74, 6) is 0.0210. The van der Waals surface area contributed by atoms with E-state index in [1.165, 1.54) is 6.07 Å². The Morgan fingerprint density at radius 1 is 1.57 bits per heavy atom. The molecule has 0 radical (unpaired) electrons. The van der Waals surface area contributed by atoms with Gasteiger partial charge in [-0.05, 0) is 45.7 Å². The monoisotopic (exact) mass is 295 g/mol. The van der Waals surface area contributed by atoms with Crippen LogP contribution in [0.1, 0.15) is 33.6 Å². The molecule has 0 unspecified atom stereocenters. The number of hydrogen-bond acceptors (Lipinski definition) is 4. The molecule has 5 nitrogen and oxygen atoms in total. The Bertz CT molecular complexity index is 502. The number of carbonyl (C=O) groups is 1. The number of halogens is 1. The van der Waals surface area contributed by atoms with Crippen LogP contribution in [0.2, 0.25) is 0 Å². The number of alkyl carbamates (subject to hydrolysis) is 1. The van der Waals surface area contributed by atoms with Crippen LogP contribution >= 0.6 is 0 Å². The lowest BCUT2D eigenvalue weighted by molar-refractivity contribution is 0.0525.